The molecule has 0 fully saturated rings. The average Bonchev–Trinajstić information content (AvgIpc) is 0.748. The van der Waals surface area contributed by atoms with Gasteiger partial charge in [-0.25, -0.2) is 0 Å². The number of nitrogens with zero attached hydrogens (tertiary/aromatic N) is 6. The van der Waals surface area contributed by atoms with Crippen LogP contribution in [0.1, 0.15) is 26.3 Å². The maximum Gasteiger partial charge on any atom is 0.252 e. The zero-order valence-electron chi connectivity index (χ0n) is 59.1. The number of benzene rings is 14. The number of rotatable bonds is 12. The van der Waals surface area contributed by atoms with Crippen LogP contribution in [-0.2, 0) is 5.41 Å². The van der Waals surface area contributed by atoms with Gasteiger partial charge in [0, 0.05) is 103 Å². The van der Waals surface area contributed by atoms with Crippen molar-refractivity contribution < 1.29 is 0 Å². The van der Waals surface area contributed by atoms with E-state index in [1.807, 2.05) is 0 Å². The van der Waals surface area contributed by atoms with Crippen LogP contribution in [0.25, 0.3) is 99.5 Å². The van der Waals surface area contributed by atoms with Crippen molar-refractivity contribution in [2.75, 3.05) is 9.80 Å². The molecule has 0 spiro atoms. The zero-order chi connectivity index (χ0) is 70.6. The van der Waals surface area contributed by atoms with Gasteiger partial charge in [-0.3, -0.25) is 9.97 Å². The Morgan fingerprint density at radius 2 is 0.604 bits per heavy atom. The topological polar surface area (TPSA) is 42.1 Å². The van der Waals surface area contributed by atoms with Gasteiger partial charge in [0.2, 0.25) is 0 Å². The van der Waals surface area contributed by atoms with Crippen molar-refractivity contribution >= 4 is 130 Å². The molecule has 4 aromatic heterocycles. The largest absolute Gasteiger partial charge is 0.310 e. The summed E-state index contributed by atoms with van der Waals surface area (Å²) in [7, 11) is -2.94. The fraction of sp³-hybridized carbons (Fsp3) is 0.0408. The molecule has 14 aromatic carbocycles. The number of aromatic nitrogens is 4. The molecule has 106 heavy (non-hydrogen) atoms. The molecule has 2 aliphatic heterocycles. The summed E-state index contributed by atoms with van der Waals surface area (Å²) in [5, 5.41) is 10.2. The Morgan fingerprint density at radius 1 is 0.283 bits per heavy atom. The quantitative estimate of drug-likeness (QED) is 0.0903. The Balaban J connectivity index is 0.914. The van der Waals surface area contributed by atoms with Crippen molar-refractivity contribution in [2.24, 2.45) is 0 Å². The molecule has 500 valence electrons. The highest BCUT2D eigenvalue weighted by Gasteiger charge is 2.47. The lowest BCUT2D eigenvalue weighted by Gasteiger charge is -2.46. The van der Waals surface area contributed by atoms with Crippen molar-refractivity contribution in [1.29, 1.82) is 0 Å². The first-order chi connectivity index (χ1) is 52.3. The second-order valence-electron chi connectivity index (χ2n) is 29.2. The third kappa shape index (κ3) is 9.85. The van der Waals surface area contributed by atoms with Crippen LogP contribution in [0.4, 0.5) is 34.1 Å². The van der Waals surface area contributed by atoms with Crippen molar-refractivity contribution in [1.82, 2.24) is 19.1 Å². The van der Waals surface area contributed by atoms with E-state index < -0.39 is 8.07 Å². The average molecular weight is 1370 g/mol. The highest BCUT2D eigenvalue weighted by Crippen LogP contribution is 2.54. The molecule has 0 radical (unpaired) electrons. The van der Waals surface area contributed by atoms with Crippen molar-refractivity contribution in [3.63, 3.8) is 0 Å². The van der Waals surface area contributed by atoms with Gasteiger partial charge in [-0.05, 0) is 131 Å². The summed E-state index contributed by atoms with van der Waals surface area (Å²) >= 11 is 0. The molecule has 6 heterocycles. The molecule has 0 amide bonds. The zero-order valence-corrected chi connectivity index (χ0v) is 60.1. The van der Waals surface area contributed by atoms with E-state index in [2.05, 4.69) is 416 Å². The molecule has 18 aromatic rings. The monoisotopic (exact) mass is 1370 g/mol. The number of pyridine rings is 2. The molecule has 0 atom stereocenters. The third-order valence-electron chi connectivity index (χ3n) is 22.3. The predicted molar refractivity (Wildman–Crippen MR) is 449 cm³/mol. The summed E-state index contributed by atoms with van der Waals surface area (Å²) in [5.41, 5.74) is 26.1. The van der Waals surface area contributed by atoms with E-state index in [9.17, 15) is 0 Å². The standard InChI is InChI=1S/C98H71BN6Si/c1-98(2,3)70-57-93-95-94(58-70)105(97-83(68-35-15-6-16-36-68)64-101-65-84(97)69-37-17-7-18-38-69)92-60-72(103-89-50-30-27-47-79(89)80-61-76(53-56-90(80)103)106(73-39-19-8-20-40-73,74-41-21-9-22-42-74)75-43-23-10-24-44-75)52-55-86(92)99(95)85-54-51-71(102-87-48-28-25-45-77(87)78-46-26-29-49-88(78)102)59-91(85)104(93)96-81(66-31-11-4-12-32-66)62-100-63-82(96)67-33-13-5-14-34-67/h4-65H,1-3H3. The fourth-order valence-electron chi connectivity index (χ4n) is 17.6. The van der Waals surface area contributed by atoms with Crippen molar-refractivity contribution in [2.45, 2.75) is 26.2 Å². The molecular weight excluding hydrogens is 1300 g/mol. The van der Waals surface area contributed by atoms with E-state index in [-0.39, 0.29) is 12.1 Å². The van der Waals surface area contributed by atoms with Crippen molar-refractivity contribution in [3.8, 4) is 55.9 Å². The first kappa shape index (κ1) is 62.6. The minimum Gasteiger partial charge on any atom is -0.310 e. The Kier molecular flexibility index (Phi) is 14.8. The van der Waals surface area contributed by atoms with Gasteiger partial charge in [-0.2, -0.15) is 0 Å². The number of para-hydroxylation sites is 3. The normalized spacial score (nSPS) is 12.6. The maximum atomic E-state index is 5.21. The van der Waals surface area contributed by atoms with Crippen LogP contribution >= 0.6 is 0 Å². The lowest BCUT2D eigenvalue weighted by Crippen LogP contribution is -2.74. The lowest BCUT2D eigenvalue weighted by molar-refractivity contribution is 0.590. The number of anilines is 6. The van der Waals surface area contributed by atoms with Gasteiger partial charge in [-0.1, -0.05) is 312 Å². The first-order valence-corrected chi connectivity index (χ1v) is 38.7. The van der Waals surface area contributed by atoms with Crippen LogP contribution in [-0.4, -0.2) is 33.9 Å². The predicted octanol–water partition coefficient (Wildman–Crippen LogP) is 20.1. The van der Waals surface area contributed by atoms with Crippen LogP contribution in [0.3, 0.4) is 0 Å². The number of hydrogen-bond acceptors (Lipinski definition) is 4. The fourth-order valence-corrected chi connectivity index (χ4v) is 22.4. The molecule has 0 unspecified atom stereocenters. The van der Waals surface area contributed by atoms with E-state index in [4.69, 9.17) is 9.97 Å². The summed E-state index contributed by atoms with van der Waals surface area (Å²) in [6, 6.07) is 131. The minimum absolute atomic E-state index is 0.269. The van der Waals surface area contributed by atoms with Crippen LogP contribution in [0.2, 0.25) is 0 Å². The van der Waals surface area contributed by atoms with E-state index in [1.54, 1.807) is 0 Å². The highest BCUT2D eigenvalue weighted by atomic mass is 28.3. The summed E-state index contributed by atoms with van der Waals surface area (Å²) in [6.45, 7) is 6.84. The van der Waals surface area contributed by atoms with E-state index in [0.717, 1.165) is 112 Å². The van der Waals surface area contributed by atoms with Crippen LogP contribution < -0.4 is 46.9 Å². The van der Waals surface area contributed by atoms with Gasteiger partial charge < -0.3 is 18.9 Å². The van der Waals surface area contributed by atoms with Gasteiger partial charge in [0.25, 0.3) is 6.71 Å². The van der Waals surface area contributed by atoms with Gasteiger partial charge in [0.05, 0.1) is 33.4 Å². The maximum absolute atomic E-state index is 5.21. The highest BCUT2D eigenvalue weighted by molar-refractivity contribution is 7.20. The first-order valence-electron chi connectivity index (χ1n) is 36.7. The molecule has 0 saturated carbocycles. The second-order valence-corrected chi connectivity index (χ2v) is 33.0. The van der Waals surface area contributed by atoms with Crippen LogP contribution in [0.5, 0.6) is 0 Å². The third-order valence-corrected chi connectivity index (χ3v) is 27.1. The van der Waals surface area contributed by atoms with Crippen molar-refractivity contribution in [3.05, 3.63) is 382 Å². The SMILES string of the molecule is CC(C)(C)c1cc2c3c(c1)N(c1c(-c4ccccc4)cncc1-c1ccccc1)c1cc(-n4c5ccccc5c5cc([Si](c6ccccc6)(c6ccccc6)c6ccccc6)ccc54)ccc1B3c1ccc(-n3c4ccccc4c4ccccc43)cc1N2c1c(-c2ccccc2)cncc1-c1ccccc1. The van der Waals surface area contributed by atoms with Gasteiger partial charge >= 0.3 is 0 Å². The molecule has 0 saturated heterocycles. The van der Waals surface area contributed by atoms with Crippen LogP contribution in [0, 0.1) is 0 Å². The molecule has 0 aliphatic carbocycles. The molecule has 8 heteroatoms. The van der Waals surface area contributed by atoms with Crippen LogP contribution in [0.15, 0.2) is 377 Å². The minimum atomic E-state index is -2.94. The second kappa shape index (κ2) is 25.1. The Labute approximate surface area is 618 Å². The summed E-state index contributed by atoms with van der Waals surface area (Å²) in [4.78, 5) is 15.7. The van der Waals surface area contributed by atoms with E-state index >= 15 is 0 Å². The van der Waals surface area contributed by atoms with E-state index in [1.165, 1.54) is 64.2 Å². The van der Waals surface area contributed by atoms with Gasteiger partial charge in [-0.15, -0.1) is 0 Å². The summed E-state index contributed by atoms with van der Waals surface area (Å²) in [6.07, 6.45) is 8.35. The Hall–Kier alpha value is -13.1. The molecule has 20 rings (SSSR count). The van der Waals surface area contributed by atoms with Gasteiger partial charge in [0.15, 0.2) is 8.07 Å². The molecule has 2 aliphatic rings. The Bertz CT molecular complexity index is 6170. The Morgan fingerprint density at radius 3 is 0.962 bits per heavy atom. The molecule has 0 bridgehead atoms. The molecule has 6 nitrogen and oxygen atoms in total. The number of fused-ring (bicyclic) bond motifs is 10. The molecular formula is C98H71BN6Si. The van der Waals surface area contributed by atoms with Gasteiger partial charge in [0.1, 0.15) is 0 Å². The smallest absolute Gasteiger partial charge is 0.252 e. The molecule has 0 N–H and O–H groups in total. The number of hydrogen-bond donors (Lipinski definition) is 0. The van der Waals surface area contributed by atoms with E-state index in [0.29, 0.717) is 0 Å². The summed E-state index contributed by atoms with van der Waals surface area (Å²) in [5.74, 6) is 0. The summed E-state index contributed by atoms with van der Waals surface area (Å²) < 4.78 is 5.01. The lowest BCUT2D eigenvalue weighted by atomic mass is 9.33.